The molecule has 1 aromatic carbocycles. The number of rotatable bonds is 0. The van der Waals surface area contributed by atoms with Crippen LogP contribution in [-0.2, 0) is 39.0 Å². The molecule has 0 aliphatic heterocycles. The van der Waals surface area contributed by atoms with Crippen LogP contribution in [0, 0.1) is 0 Å². The molecule has 0 spiro atoms. The second-order valence-electron chi connectivity index (χ2n) is 2.78. The average molecular weight is 450 g/mol. The smallest absolute Gasteiger partial charge is 1.00 e. The van der Waals surface area contributed by atoms with E-state index in [1.54, 1.807) is 11.1 Å². The largest absolute Gasteiger partial charge is 4.00 e. The van der Waals surface area contributed by atoms with E-state index in [9.17, 15) is 0 Å². The van der Waals surface area contributed by atoms with Crippen LogP contribution < -0.4 is 50.9 Å². The van der Waals surface area contributed by atoms with Gasteiger partial charge < -0.3 is 50.9 Å². The minimum Gasteiger partial charge on any atom is -1.00 e. The van der Waals surface area contributed by atoms with Gasteiger partial charge in [0.1, 0.15) is 0 Å². The first-order valence-electron chi connectivity index (χ1n) is 3.70. The van der Waals surface area contributed by atoms with E-state index in [2.05, 4.69) is 18.2 Å². The predicted molar refractivity (Wildman–Crippen MR) is 38.7 cm³/mol. The van der Waals surface area contributed by atoms with Crippen molar-refractivity contribution in [2.75, 3.05) is 0 Å². The van der Waals surface area contributed by atoms with Gasteiger partial charge >= 0.3 is 26.2 Å². The van der Waals surface area contributed by atoms with Gasteiger partial charge in [0, 0.05) is 0 Å². The predicted octanol–water partition coefficient (Wildman–Crippen LogP) is -6.71. The van der Waals surface area contributed by atoms with Gasteiger partial charge in [-0.05, 0) is 0 Å². The number of fused-ring (bicyclic) bond motifs is 1. The molecular formula is C9H11Br3Zr. The summed E-state index contributed by atoms with van der Waals surface area (Å²) in [5.74, 6) is 0. The zero-order chi connectivity index (χ0) is 6.10. The van der Waals surface area contributed by atoms with E-state index < -0.39 is 0 Å². The summed E-state index contributed by atoms with van der Waals surface area (Å²) in [4.78, 5) is 0. The first-order chi connectivity index (χ1) is 4.47. The second kappa shape index (κ2) is 10.2. The molecular weight excluding hydrogens is 439 g/mol. The van der Waals surface area contributed by atoms with E-state index in [-0.39, 0.29) is 77.1 Å². The summed E-state index contributed by atoms with van der Waals surface area (Å²) in [6.07, 6.45) is 5.44. The van der Waals surface area contributed by atoms with E-state index in [0.29, 0.717) is 0 Å². The Morgan fingerprint density at radius 2 is 1.62 bits per heavy atom. The third-order valence-electron chi connectivity index (χ3n) is 2.15. The molecule has 13 heavy (non-hydrogen) atoms. The van der Waals surface area contributed by atoms with Crippen molar-refractivity contribution < 1.29 is 77.1 Å². The Kier molecular flexibility index (Phi) is 15.8. The summed E-state index contributed by atoms with van der Waals surface area (Å²) in [5.41, 5.74) is 3.20. The average Bonchev–Trinajstić information content (AvgIpc) is 2.33. The fourth-order valence-electron chi connectivity index (χ4n) is 1.61. The van der Waals surface area contributed by atoms with Crippen molar-refractivity contribution >= 4 is 0 Å². The Morgan fingerprint density at radius 3 is 2.23 bits per heavy atom. The maximum Gasteiger partial charge on any atom is 4.00 e. The number of aryl methyl sites for hydroxylation is 2. The Hall–Kier alpha value is 1.67. The van der Waals surface area contributed by atoms with Gasteiger partial charge in [-0.25, -0.2) is 6.07 Å². The molecule has 72 valence electrons. The molecule has 0 amide bonds. The van der Waals surface area contributed by atoms with Crippen molar-refractivity contribution in [1.29, 1.82) is 0 Å². The van der Waals surface area contributed by atoms with Crippen LogP contribution in [0.3, 0.4) is 0 Å². The SMILES string of the molecule is [Br-].[Br-].[Br-].[Zr+4].c1cc2c([cH-]1)CCCC2. The van der Waals surface area contributed by atoms with E-state index in [1.807, 2.05) is 0 Å². The summed E-state index contributed by atoms with van der Waals surface area (Å²) in [6.45, 7) is 0. The van der Waals surface area contributed by atoms with Crippen molar-refractivity contribution in [2.24, 2.45) is 0 Å². The molecule has 0 heterocycles. The van der Waals surface area contributed by atoms with E-state index in [4.69, 9.17) is 0 Å². The molecule has 2 rings (SSSR count). The van der Waals surface area contributed by atoms with E-state index in [1.165, 1.54) is 25.7 Å². The molecule has 0 saturated carbocycles. The van der Waals surface area contributed by atoms with Gasteiger partial charge in [-0.15, -0.1) is 0 Å². The van der Waals surface area contributed by atoms with Gasteiger partial charge in [0.05, 0.1) is 0 Å². The molecule has 0 fully saturated rings. The molecule has 0 unspecified atom stereocenters. The monoisotopic (exact) mass is 446 g/mol. The second-order valence-corrected chi connectivity index (χ2v) is 2.78. The first kappa shape index (κ1) is 20.1. The molecule has 0 aromatic heterocycles. The van der Waals surface area contributed by atoms with Gasteiger partial charge in [-0.1, -0.05) is 25.7 Å². The molecule has 0 bridgehead atoms. The van der Waals surface area contributed by atoms with Crippen molar-refractivity contribution in [3.8, 4) is 0 Å². The fourth-order valence-corrected chi connectivity index (χ4v) is 1.61. The van der Waals surface area contributed by atoms with Crippen LogP contribution in [-0.4, -0.2) is 0 Å². The van der Waals surface area contributed by atoms with Crippen LogP contribution in [0.1, 0.15) is 24.0 Å². The van der Waals surface area contributed by atoms with Gasteiger partial charge in [0.15, 0.2) is 0 Å². The summed E-state index contributed by atoms with van der Waals surface area (Å²) < 4.78 is 0. The summed E-state index contributed by atoms with van der Waals surface area (Å²) in [7, 11) is 0. The minimum absolute atomic E-state index is 0. The minimum atomic E-state index is 0. The Balaban J connectivity index is -0.000000250. The number of hydrogen-bond donors (Lipinski definition) is 0. The van der Waals surface area contributed by atoms with E-state index >= 15 is 0 Å². The Morgan fingerprint density at radius 1 is 1.00 bits per heavy atom. The normalized spacial score (nSPS) is 12.0. The van der Waals surface area contributed by atoms with E-state index in [0.717, 1.165) is 0 Å². The molecule has 1 aromatic rings. The summed E-state index contributed by atoms with van der Waals surface area (Å²) in [6, 6.07) is 6.69. The standard InChI is InChI=1S/C9H11.3BrH.Zr/c1-2-5-9-7-3-6-8(9)4-1;;;;/h3,6-7H,1-2,4-5H2;3*1H;/q-1;;;;+4/p-3. The first-order valence-corrected chi connectivity index (χ1v) is 3.70. The molecule has 0 saturated heterocycles. The van der Waals surface area contributed by atoms with Crippen molar-refractivity contribution in [3.05, 3.63) is 29.3 Å². The number of hydrogen-bond acceptors (Lipinski definition) is 0. The van der Waals surface area contributed by atoms with Crippen LogP contribution >= 0.6 is 0 Å². The molecule has 0 radical (unpaired) electrons. The zero-order valence-corrected chi connectivity index (χ0v) is 14.4. The van der Waals surface area contributed by atoms with Crippen LogP contribution in [0.2, 0.25) is 0 Å². The zero-order valence-electron chi connectivity index (χ0n) is 7.19. The van der Waals surface area contributed by atoms with Crippen molar-refractivity contribution in [2.45, 2.75) is 25.7 Å². The molecule has 0 nitrogen and oxygen atoms in total. The van der Waals surface area contributed by atoms with Gasteiger partial charge in [-0.2, -0.15) is 23.3 Å². The quantitative estimate of drug-likeness (QED) is 0.345. The van der Waals surface area contributed by atoms with Gasteiger partial charge in [-0.3, -0.25) is 0 Å². The van der Waals surface area contributed by atoms with Crippen LogP contribution in [0.15, 0.2) is 18.2 Å². The maximum absolute atomic E-state index is 2.26. The van der Waals surface area contributed by atoms with Crippen molar-refractivity contribution in [1.82, 2.24) is 0 Å². The Labute approximate surface area is 131 Å². The van der Waals surface area contributed by atoms with Gasteiger partial charge in [0.2, 0.25) is 0 Å². The van der Waals surface area contributed by atoms with Crippen molar-refractivity contribution in [3.63, 3.8) is 0 Å². The summed E-state index contributed by atoms with van der Waals surface area (Å²) in [5, 5.41) is 0. The van der Waals surface area contributed by atoms with Crippen LogP contribution in [0.5, 0.6) is 0 Å². The molecule has 1 aliphatic rings. The third kappa shape index (κ3) is 5.34. The molecule has 4 heteroatoms. The summed E-state index contributed by atoms with van der Waals surface area (Å²) >= 11 is 0. The Bertz CT molecular complexity index is 190. The van der Waals surface area contributed by atoms with Crippen LogP contribution in [0.4, 0.5) is 0 Å². The molecule has 0 N–H and O–H groups in total. The third-order valence-corrected chi connectivity index (χ3v) is 2.15. The fraction of sp³-hybridized carbons (Fsp3) is 0.444. The van der Waals surface area contributed by atoms with Crippen LogP contribution in [0.25, 0.3) is 0 Å². The van der Waals surface area contributed by atoms with Gasteiger partial charge in [0.25, 0.3) is 0 Å². The maximum atomic E-state index is 2.26. The number of halogens is 3. The topological polar surface area (TPSA) is 0 Å². The molecule has 0 atom stereocenters. The molecule has 1 aliphatic carbocycles.